The number of nitrogens with one attached hydrogen (secondary N) is 3. The van der Waals surface area contributed by atoms with E-state index in [1.165, 1.54) is 0 Å². The lowest BCUT2D eigenvalue weighted by Crippen LogP contribution is -2.51. The molecule has 3 amide bonds. The van der Waals surface area contributed by atoms with Gasteiger partial charge in [-0.3, -0.25) is 14.4 Å². The van der Waals surface area contributed by atoms with E-state index in [1.54, 1.807) is 0 Å². The van der Waals surface area contributed by atoms with Gasteiger partial charge in [-0.1, -0.05) is 91.0 Å². The predicted octanol–water partition coefficient (Wildman–Crippen LogP) is 2.55. The van der Waals surface area contributed by atoms with Crippen LogP contribution in [0.1, 0.15) is 35.4 Å². The maximum absolute atomic E-state index is 13.6. The summed E-state index contributed by atoms with van der Waals surface area (Å²) in [6.45, 7) is 0.301. The molecule has 0 heterocycles. The average Bonchev–Trinajstić information content (AvgIpc) is 2.91. The molecule has 3 rings (SSSR count). The van der Waals surface area contributed by atoms with E-state index in [1.807, 2.05) is 91.0 Å². The van der Waals surface area contributed by atoms with Gasteiger partial charge in [0, 0.05) is 19.6 Å². The van der Waals surface area contributed by atoms with Crippen molar-refractivity contribution in [3.05, 3.63) is 108 Å². The van der Waals surface area contributed by atoms with Gasteiger partial charge in [0.05, 0.1) is 12.5 Å². The number of benzene rings is 3. The van der Waals surface area contributed by atoms with Crippen LogP contribution >= 0.6 is 0 Å². The molecular weight excluding hydrogens is 454 g/mol. The fourth-order valence-corrected chi connectivity index (χ4v) is 3.92. The molecule has 0 spiro atoms. The van der Waals surface area contributed by atoms with Crippen molar-refractivity contribution in [2.45, 2.75) is 31.2 Å². The maximum atomic E-state index is 13.6. The minimum Gasteiger partial charge on any atom is -0.396 e. The average molecular weight is 488 g/mol. The number of amides is 3. The van der Waals surface area contributed by atoms with Gasteiger partial charge in [-0.15, -0.1) is 0 Å². The third-order valence-electron chi connectivity index (χ3n) is 5.77. The maximum Gasteiger partial charge on any atom is 0.243 e. The zero-order chi connectivity index (χ0) is 25.6. The molecule has 188 valence electrons. The van der Waals surface area contributed by atoms with Gasteiger partial charge >= 0.3 is 0 Å². The molecule has 7 nitrogen and oxygen atoms in total. The fourth-order valence-electron chi connectivity index (χ4n) is 3.92. The molecule has 0 radical (unpaired) electrons. The Hall–Kier alpha value is -3.97. The summed E-state index contributed by atoms with van der Waals surface area (Å²) in [6.07, 6.45) is 1.54. The lowest BCUT2D eigenvalue weighted by atomic mass is 9.90. The number of hydrogen-bond acceptors (Lipinski definition) is 4. The van der Waals surface area contributed by atoms with Crippen LogP contribution in [0, 0.1) is 0 Å². The number of carbonyl (C=O) groups is 3. The van der Waals surface area contributed by atoms with E-state index in [4.69, 9.17) is 5.11 Å². The van der Waals surface area contributed by atoms with E-state index in [9.17, 15) is 14.4 Å². The summed E-state index contributed by atoms with van der Waals surface area (Å²) in [5.74, 6) is -1.64. The van der Waals surface area contributed by atoms with E-state index < -0.39 is 17.9 Å². The number of carbonyl (C=O) groups excluding carboxylic acids is 3. The molecule has 0 aliphatic rings. The Morgan fingerprint density at radius 3 is 1.81 bits per heavy atom. The smallest absolute Gasteiger partial charge is 0.243 e. The van der Waals surface area contributed by atoms with Crippen LogP contribution in [0.3, 0.4) is 0 Å². The summed E-state index contributed by atoms with van der Waals surface area (Å²) >= 11 is 0. The van der Waals surface area contributed by atoms with Gasteiger partial charge in [0.15, 0.2) is 0 Å². The number of unbranched alkanes of at least 4 members (excludes halogenated alkanes) is 1. The summed E-state index contributed by atoms with van der Waals surface area (Å²) in [5, 5.41) is 17.1. The van der Waals surface area contributed by atoms with Crippen molar-refractivity contribution in [1.82, 2.24) is 16.0 Å². The summed E-state index contributed by atoms with van der Waals surface area (Å²) in [6, 6.07) is 27.5. The van der Waals surface area contributed by atoms with Crippen LogP contribution in [-0.4, -0.2) is 48.6 Å². The molecule has 4 N–H and O–H groups in total. The highest BCUT2D eigenvalue weighted by atomic mass is 16.3. The molecule has 0 aliphatic heterocycles. The van der Waals surface area contributed by atoms with Crippen molar-refractivity contribution < 1.29 is 19.5 Å². The van der Waals surface area contributed by atoms with Gasteiger partial charge in [-0.2, -0.15) is 0 Å². The summed E-state index contributed by atoms with van der Waals surface area (Å²) in [4.78, 5) is 38.8. The number of aliphatic hydroxyl groups excluding tert-OH is 1. The van der Waals surface area contributed by atoms with Crippen LogP contribution in [0.2, 0.25) is 0 Å². The van der Waals surface area contributed by atoms with Crippen LogP contribution in [-0.2, 0) is 20.8 Å². The Morgan fingerprint density at radius 1 is 0.694 bits per heavy atom. The minimum absolute atomic E-state index is 0.0699. The summed E-state index contributed by atoms with van der Waals surface area (Å²) < 4.78 is 0. The highest BCUT2D eigenvalue weighted by molar-refractivity contribution is 5.93. The quantitative estimate of drug-likeness (QED) is 0.278. The molecule has 3 aromatic carbocycles. The van der Waals surface area contributed by atoms with Gasteiger partial charge in [-0.05, 0) is 29.5 Å². The van der Waals surface area contributed by atoms with Crippen LogP contribution in [0.25, 0.3) is 0 Å². The van der Waals surface area contributed by atoms with Crippen molar-refractivity contribution in [3.8, 4) is 0 Å². The Morgan fingerprint density at radius 2 is 1.25 bits per heavy atom. The van der Waals surface area contributed by atoms with Crippen molar-refractivity contribution in [1.29, 1.82) is 0 Å². The van der Waals surface area contributed by atoms with Crippen LogP contribution in [0.15, 0.2) is 91.0 Å². The second kappa shape index (κ2) is 14.4. The Labute approximate surface area is 211 Å². The normalized spacial score (nSPS) is 11.5. The van der Waals surface area contributed by atoms with E-state index in [0.29, 0.717) is 19.4 Å². The van der Waals surface area contributed by atoms with Crippen molar-refractivity contribution >= 4 is 17.7 Å². The lowest BCUT2D eigenvalue weighted by molar-refractivity contribution is -0.130. The van der Waals surface area contributed by atoms with E-state index in [2.05, 4.69) is 16.0 Å². The fraction of sp³-hybridized carbons (Fsp3) is 0.276. The van der Waals surface area contributed by atoms with Crippen LogP contribution < -0.4 is 16.0 Å². The lowest BCUT2D eigenvalue weighted by Gasteiger charge is -2.23. The SMILES string of the molecule is O=C(CNC(=O)[C@H](Cc1ccccc1)NC(=O)C(c1ccccc1)c1ccccc1)NCCCCO. The number of aliphatic hydroxyl groups is 1. The van der Waals surface area contributed by atoms with Gasteiger partial charge in [-0.25, -0.2) is 0 Å². The van der Waals surface area contributed by atoms with E-state index >= 15 is 0 Å². The topological polar surface area (TPSA) is 108 Å². The van der Waals surface area contributed by atoms with Crippen molar-refractivity contribution in [3.63, 3.8) is 0 Å². The van der Waals surface area contributed by atoms with Gasteiger partial charge < -0.3 is 21.1 Å². The van der Waals surface area contributed by atoms with Gasteiger partial charge in [0.25, 0.3) is 0 Å². The first-order chi connectivity index (χ1) is 17.6. The molecule has 0 fully saturated rings. The van der Waals surface area contributed by atoms with E-state index in [-0.39, 0.29) is 31.4 Å². The Kier molecular flexibility index (Phi) is 10.7. The standard InChI is InChI=1S/C29H33N3O4/c33-19-11-10-18-30-26(34)21-31-28(35)25(20-22-12-4-1-5-13-22)32-29(36)27(23-14-6-2-7-15-23)24-16-8-3-9-17-24/h1-9,12-17,25,27,33H,10-11,18-21H2,(H,30,34)(H,31,35)(H,32,36)/t25-/m0/s1. The molecule has 0 unspecified atom stereocenters. The molecule has 0 saturated heterocycles. The third kappa shape index (κ3) is 8.36. The zero-order valence-electron chi connectivity index (χ0n) is 20.2. The monoisotopic (exact) mass is 487 g/mol. The van der Waals surface area contributed by atoms with Crippen molar-refractivity contribution in [2.75, 3.05) is 19.7 Å². The Bertz CT molecular complexity index is 1050. The highest BCUT2D eigenvalue weighted by Gasteiger charge is 2.28. The molecule has 0 bridgehead atoms. The Balaban J connectivity index is 1.74. The highest BCUT2D eigenvalue weighted by Crippen LogP contribution is 2.25. The summed E-state index contributed by atoms with van der Waals surface area (Å²) in [5.41, 5.74) is 2.53. The first kappa shape index (κ1) is 26.6. The van der Waals surface area contributed by atoms with Crippen LogP contribution in [0.4, 0.5) is 0 Å². The number of hydrogen-bond donors (Lipinski definition) is 4. The molecule has 7 heteroatoms. The van der Waals surface area contributed by atoms with Gasteiger partial charge in [0.1, 0.15) is 6.04 Å². The molecule has 0 aliphatic carbocycles. The van der Waals surface area contributed by atoms with E-state index in [0.717, 1.165) is 16.7 Å². The van der Waals surface area contributed by atoms with Crippen molar-refractivity contribution in [2.24, 2.45) is 0 Å². The second-order valence-corrected chi connectivity index (χ2v) is 8.50. The molecule has 3 aromatic rings. The minimum atomic E-state index is -0.864. The molecule has 0 aromatic heterocycles. The largest absolute Gasteiger partial charge is 0.396 e. The first-order valence-corrected chi connectivity index (χ1v) is 12.2. The molecule has 1 atom stereocenters. The zero-order valence-corrected chi connectivity index (χ0v) is 20.2. The van der Waals surface area contributed by atoms with Gasteiger partial charge in [0.2, 0.25) is 17.7 Å². The summed E-state index contributed by atoms with van der Waals surface area (Å²) in [7, 11) is 0. The first-order valence-electron chi connectivity index (χ1n) is 12.2. The van der Waals surface area contributed by atoms with Crippen LogP contribution in [0.5, 0.6) is 0 Å². The predicted molar refractivity (Wildman–Crippen MR) is 139 cm³/mol. The molecule has 0 saturated carbocycles. The molecule has 36 heavy (non-hydrogen) atoms. The number of rotatable bonds is 13. The molecular formula is C29H33N3O4. The second-order valence-electron chi connectivity index (χ2n) is 8.50. The third-order valence-corrected chi connectivity index (χ3v) is 5.77.